The minimum absolute atomic E-state index is 0.452. The monoisotopic (exact) mass is 253 g/mol. The van der Waals surface area contributed by atoms with Crippen molar-refractivity contribution in [1.82, 2.24) is 5.32 Å². The van der Waals surface area contributed by atoms with Gasteiger partial charge in [-0.05, 0) is 48.7 Å². The summed E-state index contributed by atoms with van der Waals surface area (Å²) >= 11 is 0. The Kier molecular flexibility index (Phi) is 3.51. The van der Waals surface area contributed by atoms with Crippen LogP contribution in [0.5, 0.6) is 5.75 Å². The fourth-order valence-electron chi connectivity index (χ4n) is 2.15. The van der Waals surface area contributed by atoms with Crippen molar-refractivity contribution in [2.24, 2.45) is 0 Å². The van der Waals surface area contributed by atoms with Gasteiger partial charge in [0.1, 0.15) is 5.75 Å². The predicted molar refractivity (Wildman–Crippen MR) is 78.3 cm³/mol. The zero-order valence-corrected chi connectivity index (χ0v) is 11.2. The van der Waals surface area contributed by atoms with Gasteiger partial charge in [0, 0.05) is 6.54 Å². The molecule has 2 aromatic carbocycles. The second-order valence-electron chi connectivity index (χ2n) is 5.07. The molecule has 1 fully saturated rings. The number of hydrogen-bond donors (Lipinski definition) is 1. The van der Waals surface area contributed by atoms with E-state index in [9.17, 15) is 0 Å². The van der Waals surface area contributed by atoms with Crippen molar-refractivity contribution in [1.29, 1.82) is 0 Å². The molecule has 98 valence electrons. The van der Waals surface area contributed by atoms with Crippen molar-refractivity contribution in [2.45, 2.75) is 25.5 Å². The van der Waals surface area contributed by atoms with Gasteiger partial charge < -0.3 is 10.1 Å². The minimum Gasteiger partial charge on any atom is -0.490 e. The molecule has 1 saturated carbocycles. The number of rotatable bonds is 5. The molecule has 0 aromatic heterocycles. The molecule has 0 unspecified atom stereocenters. The van der Waals surface area contributed by atoms with Crippen molar-refractivity contribution in [3.8, 4) is 16.9 Å². The lowest BCUT2D eigenvalue weighted by Gasteiger charge is -2.08. The Morgan fingerprint density at radius 3 is 2.53 bits per heavy atom. The second kappa shape index (κ2) is 5.45. The molecule has 0 spiro atoms. The highest BCUT2D eigenvalue weighted by atomic mass is 16.5. The van der Waals surface area contributed by atoms with Crippen LogP contribution >= 0.6 is 0 Å². The van der Waals surface area contributed by atoms with Gasteiger partial charge >= 0.3 is 0 Å². The molecule has 1 aliphatic carbocycles. The Balaban J connectivity index is 1.79. The molecule has 0 amide bonds. The molecule has 1 aliphatic rings. The molecule has 0 bridgehead atoms. The van der Waals surface area contributed by atoms with Crippen LogP contribution in [-0.2, 0) is 6.54 Å². The van der Waals surface area contributed by atoms with E-state index in [0.29, 0.717) is 6.10 Å². The third-order valence-electron chi connectivity index (χ3n) is 3.33. The summed E-state index contributed by atoms with van der Waals surface area (Å²) in [6, 6.07) is 17.0. The molecule has 0 aliphatic heterocycles. The Morgan fingerprint density at radius 2 is 1.84 bits per heavy atom. The zero-order chi connectivity index (χ0) is 13.1. The molecule has 19 heavy (non-hydrogen) atoms. The van der Waals surface area contributed by atoms with Gasteiger partial charge in [-0.1, -0.05) is 36.4 Å². The number of ether oxygens (including phenoxy) is 1. The van der Waals surface area contributed by atoms with Gasteiger partial charge in [-0.15, -0.1) is 0 Å². The largest absolute Gasteiger partial charge is 0.490 e. The molecule has 0 heterocycles. The van der Waals surface area contributed by atoms with Crippen molar-refractivity contribution in [2.75, 3.05) is 7.05 Å². The molecule has 2 aromatic rings. The van der Waals surface area contributed by atoms with Crippen molar-refractivity contribution >= 4 is 0 Å². The van der Waals surface area contributed by atoms with E-state index in [-0.39, 0.29) is 0 Å². The van der Waals surface area contributed by atoms with Gasteiger partial charge in [0.25, 0.3) is 0 Å². The molecule has 2 heteroatoms. The number of nitrogens with one attached hydrogen (secondary N) is 1. The first-order valence-corrected chi connectivity index (χ1v) is 6.86. The molecule has 0 atom stereocenters. The summed E-state index contributed by atoms with van der Waals surface area (Å²) in [6.45, 7) is 0.908. The molecule has 2 nitrogen and oxygen atoms in total. The predicted octanol–water partition coefficient (Wildman–Crippen LogP) is 3.61. The molecular weight excluding hydrogens is 234 g/mol. The highest BCUT2D eigenvalue weighted by Gasteiger charge is 2.23. The summed E-state index contributed by atoms with van der Waals surface area (Å²) in [5.41, 5.74) is 3.76. The van der Waals surface area contributed by atoms with E-state index >= 15 is 0 Å². The first-order valence-electron chi connectivity index (χ1n) is 6.86. The normalized spacial score (nSPS) is 14.4. The second-order valence-corrected chi connectivity index (χ2v) is 5.07. The summed E-state index contributed by atoms with van der Waals surface area (Å²) < 4.78 is 5.84. The number of hydrogen-bond acceptors (Lipinski definition) is 2. The van der Waals surface area contributed by atoms with Gasteiger partial charge in [0.15, 0.2) is 0 Å². The standard InChI is InChI=1S/C17H19NO/c1-18-12-13-5-7-14(8-6-13)15-3-2-4-17(11-15)19-16-9-10-16/h2-8,11,16,18H,9-10,12H2,1H3. The van der Waals surface area contributed by atoms with Crippen LogP contribution in [0.25, 0.3) is 11.1 Å². The van der Waals surface area contributed by atoms with E-state index < -0.39 is 0 Å². The lowest BCUT2D eigenvalue weighted by Crippen LogP contribution is -2.04. The third-order valence-corrected chi connectivity index (χ3v) is 3.33. The topological polar surface area (TPSA) is 21.3 Å². The van der Waals surface area contributed by atoms with Crippen LogP contribution < -0.4 is 10.1 Å². The fourth-order valence-corrected chi connectivity index (χ4v) is 2.15. The van der Waals surface area contributed by atoms with Crippen LogP contribution in [-0.4, -0.2) is 13.2 Å². The van der Waals surface area contributed by atoms with E-state index in [4.69, 9.17) is 4.74 Å². The molecular formula is C17H19NO. The van der Waals surface area contributed by atoms with E-state index in [1.807, 2.05) is 13.1 Å². The molecule has 0 saturated heterocycles. The summed E-state index contributed by atoms with van der Waals surface area (Å²) in [6.07, 6.45) is 2.85. The highest BCUT2D eigenvalue weighted by Crippen LogP contribution is 2.29. The minimum atomic E-state index is 0.452. The maximum Gasteiger partial charge on any atom is 0.120 e. The third kappa shape index (κ3) is 3.15. The Labute approximate surface area is 114 Å². The van der Waals surface area contributed by atoms with Gasteiger partial charge in [-0.3, -0.25) is 0 Å². The van der Waals surface area contributed by atoms with Crippen molar-refractivity contribution in [3.05, 3.63) is 54.1 Å². The van der Waals surface area contributed by atoms with Gasteiger partial charge in [0.05, 0.1) is 6.10 Å². The average molecular weight is 253 g/mol. The maximum absolute atomic E-state index is 5.84. The summed E-state index contributed by atoms with van der Waals surface area (Å²) in [5, 5.41) is 3.16. The van der Waals surface area contributed by atoms with Gasteiger partial charge in [-0.25, -0.2) is 0 Å². The Hall–Kier alpha value is -1.80. The lowest BCUT2D eigenvalue weighted by molar-refractivity contribution is 0.303. The van der Waals surface area contributed by atoms with Gasteiger partial charge in [-0.2, -0.15) is 0 Å². The quantitative estimate of drug-likeness (QED) is 0.878. The van der Waals surface area contributed by atoms with E-state index in [2.05, 4.69) is 47.8 Å². The SMILES string of the molecule is CNCc1ccc(-c2cccc(OC3CC3)c2)cc1. The molecule has 0 radical (unpaired) electrons. The zero-order valence-electron chi connectivity index (χ0n) is 11.2. The van der Waals surface area contributed by atoms with Crippen LogP contribution in [0.15, 0.2) is 48.5 Å². The Morgan fingerprint density at radius 1 is 1.05 bits per heavy atom. The molecule has 3 rings (SSSR count). The van der Waals surface area contributed by atoms with Crippen molar-refractivity contribution < 1.29 is 4.74 Å². The van der Waals surface area contributed by atoms with Gasteiger partial charge in [0.2, 0.25) is 0 Å². The van der Waals surface area contributed by atoms with Crippen LogP contribution in [0.4, 0.5) is 0 Å². The van der Waals surface area contributed by atoms with Crippen molar-refractivity contribution in [3.63, 3.8) is 0 Å². The Bertz CT molecular complexity index is 543. The van der Waals surface area contributed by atoms with Crippen LogP contribution in [0.3, 0.4) is 0 Å². The summed E-state index contributed by atoms with van der Waals surface area (Å²) in [7, 11) is 1.96. The lowest BCUT2D eigenvalue weighted by atomic mass is 10.0. The summed E-state index contributed by atoms with van der Waals surface area (Å²) in [4.78, 5) is 0. The number of benzene rings is 2. The van der Waals surface area contributed by atoms with E-state index in [0.717, 1.165) is 12.3 Å². The van der Waals surface area contributed by atoms with Crippen LogP contribution in [0.1, 0.15) is 18.4 Å². The van der Waals surface area contributed by atoms with Crippen LogP contribution in [0.2, 0.25) is 0 Å². The average Bonchev–Trinajstić information content (AvgIpc) is 3.24. The maximum atomic E-state index is 5.84. The summed E-state index contributed by atoms with van der Waals surface area (Å²) in [5.74, 6) is 0.985. The highest BCUT2D eigenvalue weighted by molar-refractivity contribution is 5.65. The first-order chi connectivity index (χ1) is 9.35. The molecule has 1 N–H and O–H groups in total. The first kappa shape index (κ1) is 12.2. The van der Waals surface area contributed by atoms with E-state index in [1.54, 1.807) is 0 Å². The smallest absolute Gasteiger partial charge is 0.120 e. The van der Waals surface area contributed by atoms with E-state index in [1.165, 1.54) is 29.5 Å². The van der Waals surface area contributed by atoms with Crippen LogP contribution in [0, 0.1) is 0 Å². The fraction of sp³-hybridized carbons (Fsp3) is 0.294.